The third-order valence-corrected chi connectivity index (χ3v) is 27.3. The second-order valence-corrected chi connectivity index (χ2v) is 38.1. The lowest BCUT2D eigenvalue weighted by molar-refractivity contribution is 0.660. The van der Waals surface area contributed by atoms with Crippen molar-refractivity contribution in [3.05, 3.63) is 577 Å². The van der Waals surface area contributed by atoms with Crippen LogP contribution in [0.2, 0.25) is 0 Å². The van der Waals surface area contributed by atoms with Gasteiger partial charge in [0.05, 0.1) is 0 Å². The standard InChI is InChI=1S/C50H35BrN2.C45H35BrN2.C36H27BrN2.3CH4/c51-44-33-49(52(45-15-3-1-4-16-45)46-17-5-2-6-18-46)35-50(34-44)53(47-27-23-38(24-28-47)42-21-19-36-11-7-9-13-40(36)31-42)48-29-25-39(26-30-48)43-22-20-37-12-8-10-14-41(37)32-43;1-45(2)43-21-13-12-20-41(43)42-27-26-38(31-44(42)45)48(36-18-10-5-11-19-36)40-29-34(46)28-39(30-40)47(35-16-8-4-9-17-35)37-24-22-33(23-25-37)32-14-6-3-7-15-32;37-30-25-35(38(31-17-7-2-8-18-31)32-19-9-3-10-20-32)27-36(26-30)39(33-21-11-4-12-22-33)34-23-13-16-29(24-34)28-14-5-1-6-15-28;;;/h1-35H;3-31H,1-2H3;1-27H;3*1H4. The molecule has 143 heavy (non-hydrogen) atoms. The Hall–Kier alpha value is -16.4. The molecule has 0 atom stereocenters. The average Bonchev–Trinajstić information content (AvgIpc) is 1.57. The second kappa shape index (κ2) is 44.4. The van der Waals surface area contributed by atoms with Crippen LogP contribution in [0.3, 0.4) is 0 Å². The van der Waals surface area contributed by atoms with Crippen LogP contribution in [0.15, 0.2) is 565 Å². The van der Waals surface area contributed by atoms with E-state index in [1.807, 2.05) is 0 Å². The number of fused-ring (bicyclic) bond motifs is 5. The topological polar surface area (TPSA) is 19.4 Å². The molecule has 0 heterocycles. The van der Waals surface area contributed by atoms with Gasteiger partial charge in [-0.05, 0) is 301 Å². The molecule has 1 aliphatic rings. The Morgan fingerprint density at radius 3 is 0.678 bits per heavy atom. The summed E-state index contributed by atoms with van der Waals surface area (Å²) in [4.78, 5) is 13.9. The molecule has 0 saturated heterocycles. The lowest BCUT2D eigenvalue weighted by Gasteiger charge is -2.31. The van der Waals surface area contributed by atoms with E-state index in [1.165, 1.54) is 88.3 Å². The van der Waals surface area contributed by atoms with Crippen molar-refractivity contribution in [1.82, 2.24) is 0 Å². The number of halogens is 3. The van der Waals surface area contributed by atoms with Crippen LogP contribution in [-0.2, 0) is 5.41 Å². The summed E-state index contributed by atoms with van der Waals surface area (Å²) in [6, 6.07) is 197. The zero-order chi connectivity index (χ0) is 94.7. The fourth-order valence-corrected chi connectivity index (χ4v) is 20.6. The maximum atomic E-state index is 3.92. The normalized spacial score (nSPS) is 11.3. The fraction of sp³-hybridized carbons (Fsp3) is 0.0448. The van der Waals surface area contributed by atoms with Crippen molar-refractivity contribution >= 4 is 172 Å². The highest BCUT2D eigenvalue weighted by atomic mass is 79.9. The van der Waals surface area contributed by atoms with Crippen molar-refractivity contribution in [2.45, 2.75) is 41.5 Å². The molecule has 1 aliphatic carbocycles. The molecular weight excluding hydrogens is 1930 g/mol. The molecule has 696 valence electrons. The molecule has 9 heteroatoms. The van der Waals surface area contributed by atoms with Gasteiger partial charge in [0.25, 0.3) is 0 Å². The first-order valence-corrected chi connectivity index (χ1v) is 49.6. The van der Waals surface area contributed by atoms with Gasteiger partial charge in [-0.3, -0.25) is 0 Å². The number of anilines is 18. The summed E-state index contributed by atoms with van der Waals surface area (Å²) < 4.78 is 3.01. The van der Waals surface area contributed by atoms with Crippen molar-refractivity contribution in [2.75, 3.05) is 29.4 Å². The van der Waals surface area contributed by atoms with Crippen LogP contribution in [0.25, 0.3) is 77.2 Å². The molecule has 0 fully saturated rings. The third-order valence-electron chi connectivity index (χ3n) is 25.9. The monoisotopic (exact) mass is 2040 g/mol. The zero-order valence-corrected chi connectivity index (χ0v) is 82.1. The second-order valence-electron chi connectivity index (χ2n) is 35.3. The smallest absolute Gasteiger partial charge is 0.0493 e. The lowest BCUT2D eigenvalue weighted by atomic mass is 9.82. The molecule has 0 saturated carbocycles. The van der Waals surface area contributed by atoms with E-state index in [0.29, 0.717) is 0 Å². The first-order chi connectivity index (χ1) is 68.9. The SMILES string of the molecule is Brc1cc(N(c2ccccc2)c2ccccc2)cc(N(c2ccc(-c3ccc4ccccc4c3)cc2)c2ccc(-c3ccc4ccccc4c3)cc2)c1.Brc1cc(N(c2ccccc2)c2ccccc2)cc(N(c2ccccc2)c2cccc(-c3ccccc3)c2)c1.C.C.C.CC1(C)c2ccccc2-c2ccc(N(c3ccccc3)c3cc(Br)cc(N(c4ccccc4)c4ccc(-c5ccccc5)cc4)c3)cc21. The summed E-state index contributed by atoms with van der Waals surface area (Å²) in [5, 5.41) is 4.98. The number of nitrogens with zero attached hydrogens (tertiary/aromatic N) is 6. The summed E-state index contributed by atoms with van der Waals surface area (Å²) >= 11 is 11.7. The van der Waals surface area contributed by atoms with E-state index in [0.717, 1.165) is 116 Å². The third kappa shape index (κ3) is 21.4. The van der Waals surface area contributed by atoms with Crippen LogP contribution in [0.5, 0.6) is 0 Å². The highest BCUT2D eigenvalue weighted by Crippen LogP contribution is 2.53. The molecule has 22 aromatic carbocycles. The molecule has 0 radical (unpaired) electrons. The van der Waals surface area contributed by atoms with Crippen molar-refractivity contribution in [2.24, 2.45) is 0 Å². The molecule has 6 nitrogen and oxygen atoms in total. The minimum absolute atomic E-state index is 0. The van der Waals surface area contributed by atoms with Crippen LogP contribution in [0, 0.1) is 0 Å². The molecule has 0 spiro atoms. The van der Waals surface area contributed by atoms with Crippen LogP contribution in [0.1, 0.15) is 47.3 Å². The molecule has 0 aromatic heterocycles. The van der Waals surface area contributed by atoms with E-state index < -0.39 is 0 Å². The predicted octanol–water partition coefficient (Wildman–Crippen LogP) is 41.4. The van der Waals surface area contributed by atoms with E-state index in [1.54, 1.807) is 0 Å². The zero-order valence-electron chi connectivity index (χ0n) is 77.4. The molecule has 0 unspecified atom stereocenters. The van der Waals surface area contributed by atoms with Gasteiger partial charge < -0.3 is 29.4 Å². The summed E-state index contributed by atoms with van der Waals surface area (Å²) in [6.45, 7) is 4.68. The number of hydrogen-bond donors (Lipinski definition) is 0. The Balaban J connectivity index is 0.000000141. The minimum Gasteiger partial charge on any atom is -0.310 e. The molecule has 23 rings (SSSR count). The van der Waals surface area contributed by atoms with Gasteiger partial charge in [0.15, 0.2) is 0 Å². The van der Waals surface area contributed by atoms with Crippen LogP contribution < -0.4 is 29.4 Å². The Morgan fingerprint density at radius 2 is 0.350 bits per heavy atom. The van der Waals surface area contributed by atoms with Crippen LogP contribution >= 0.6 is 47.8 Å². The highest BCUT2D eigenvalue weighted by Gasteiger charge is 2.36. The molecule has 0 bridgehead atoms. The van der Waals surface area contributed by atoms with Gasteiger partial charge in [-0.25, -0.2) is 0 Å². The van der Waals surface area contributed by atoms with Crippen molar-refractivity contribution < 1.29 is 0 Å². The minimum atomic E-state index is -0.0945. The quantitative estimate of drug-likeness (QED) is 0.0669. The predicted molar refractivity (Wildman–Crippen MR) is 625 cm³/mol. The Kier molecular flexibility index (Phi) is 30.1. The highest BCUT2D eigenvalue weighted by molar-refractivity contribution is 9.11. The molecular formula is C134H109Br3N6. The largest absolute Gasteiger partial charge is 0.310 e. The van der Waals surface area contributed by atoms with Gasteiger partial charge in [-0.1, -0.05) is 424 Å². The van der Waals surface area contributed by atoms with Crippen LogP contribution in [0.4, 0.5) is 102 Å². The van der Waals surface area contributed by atoms with E-state index >= 15 is 0 Å². The first kappa shape index (κ1) is 96.9. The van der Waals surface area contributed by atoms with Crippen molar-refractivity contribution in [1.29, 1.82) is 0 Å². The number of hydrogen-bond acceptors (Lipinski definition) is 6. The van der Waals surface area contributed by atoms with Crippen LogP contribution in [-0.4, -0.2) is 0 Å². The van der Waals surface area contributed by atoms with Gasteiger partial charge in [-0.15, -0.1) is 0 Å². The van der Waals surface area contributed by atoms with E-state index in [4.69, 9.17) is 0 Å². The summed E-state index contributed by atoms with van der Waals surface area (Å²) in [6.07, 6.45) is 0. The molecule has 0 amide bonds. The first-order valence-electron chi connectivity index (χ1n) is 47.2. The molecule has 0 N–H and O–H groups in total. The van der Waals surface area contributed by atoms with E-state index in [-0.39, 0.29) is 27.7 Å². The van der Waals surface area contributed by atoms with Crippen molar-refractivity contribution in [3.63, 3.8) is 0 Å². The van der Waals surface area contributed by atoms with Gasteiger partial charge >= 0.3 is 0 Å². The summed E-state index contributed by atoms with van der Waals surface area (Å²) in [5.74, 6) is 0. The van der Waals surface area contributed by atoms with Gasteiger partial charge in [0.2, 0.25) is 0 Å². The maximum absolute atomic E-state index is 3.92. The fourth-order valence-electron chi connectivity index (χ4n) is 19.2. The molecule has 0 aliphatic heterocycles. The number of para-hydroxylation sites is 7. The van der Waals surface area contributed by atoms with Gasteiger partial charge in [-0.2, -0.15) is 0 Å². The Morgan fingerprint density at radius 1 is 0.140 bits per heavy atom. The number of benzene rings is 22. The van der Waals surface area contributed by atoms with Gasteiger partial charge in [0, 0.05) is 121 Å². The Labute approximate surface area is 867 Å². The summed E-state index contributed by atoms with van der Waals surface area (Å²) in [7, 11) is 0. The van der Waals surface area contributed by atoms with Gasteiger partial charge in [0.1, 0.15) is 0 Å². The summed E-state index contributed by atoms with van der Waals surface area (Å²) in [5.41, 5.74) is 34.3. The lowest BCUT2D eigenvalue weighted by Crippen LogP contribution is -2.17. The molecule has 22 aromatic rings. The Bertz CT molecular complexity index is 7830. The average molecular weight is 2040 g/mol. The number of rotatable bonds is 22. The van der Waals surface area contributed by atoms with E-state index in [9.17, 15) is 0 Å². The van der Waals surface area contributed by atoms with E-state index in [2.05, 4.69) is 643 Å². The van der Waals surface area contributed by atoms with Crippen molar-refractivity contribution in [3.8, 4) is 55.6 Å². The maximum Gasteiger partial charge on any atom is 0.0493 e.